The second-order valence-corrected chi connectivity index (χ2v) is 4.14. The molecule has 94 valence electrons. The van der Waals surface area contributed by atoms with Crippen molar-refractivity contribution in [2.24, 2.45) is 0 Å². The Morgan fingerprint density at radius 3 is 2.88 bits per heavy atom. The first-order valence-corrected chi connectivity index (χ1v) is 5.83. The number of carbonyl (C=O) groups is 1. The largest absolute Gasteiger partial charge is 0.393 e. The van der Waals surface area contributed by atoms with Crippen molar-refractivity contribution in [2.75, 3.05) is 6.54 Å². The molecule has 0 fully saturated rings. The maximum absolute atomic E-state index is 12.9. The number of hydrogen-bond acceptors (Lipinski definition) is 2. The molecule has 0 saturated heterocycles. The number of hydrogen-bond donors (Lipinski definition) is 2. The third-order valence-electron chi connectivity index (χ3n) is 2.42. The minimum absolute atomic E-state index is 0.0776. The van der Waals surface area contributed by atoms with Crippen LogP contribution in [0.4, 0.5) is 4.39 Å². The van der Waals surface area contributed by atoms with E-state index in [0.717, 1.165) is 6.07 Å². The highest BCUT2D eigenvalue weighted by Crippen LogP contribution is 2.15. The fourth-order valence-corrected chi connectivity index (χ4v) is 1.48. The summed E-state index contributed by atoms with van der Waals surface area (Å²) in [5, 5.41) is 11.9. The third kappa shape index (κ3) is 4.32. The van der Waals surface area contributed by atoms with E-state index in [4.69, 9.17) is 11.6 Å². The summed E-state index contributed by atoms with van der Waals surface area (Å²) in [7, 11) is 0. The first-order chi connectivity index (χ1) is 8.04. The fourth-order valence-electron chi connectivity index (χ4n) is 1.30. The van der Waals surface area contributed by atoms with Crippen molar-refractivity contribution in [1.29, 1.82) is 0 Å². The van der Waals surface area contributed by atoms with Gasteiger partial charge in [0.2, 0.25) is 0 Å². The Balaban J connectivity index is 2.50. The fraction of sp³-hybridized carbons (Fsp3) is 0.417. The molecule has 0 aliphatic carbocycles. The van der Waals surface area contributed by atoms with Gasteiger partial charge in [-0.15, -0.1) is 0 Å². The normalized spacial score (nSPS) is 12.2. The SMILES string of the molecule is CCC(O)CCNC(=O)c1ccc(F)c(Cl)c1. The summed E-state index contributed by atoms with van der Waals surface area (Å²) in [6, 6.07) is 3.80. The number of nitrogens with one attached hydrogen (secondary N) is 1. The van der Waals surface area contributed by atoms with E-state index in [2.05, 4.69) is 5.32 Å². The number of aliphatic hydroxyl groups is 1. The minimum Gasteiger partial charge on any atom is -0.393 e. The number of rotatable bonds is 5. The van der Waals surface area contributed by atoms with Gasteiger partial charge in [0.15, 0.2) is 0 Å². The zero-order valence-electron chi connectivity index (χ0n) is 9.54. The van der Waals surface area contributed by atoms with Crippen LogP contribution in [0.25, 0.3) is 0 Å². The highest BCUT2D eigenvalue weighted by molar-refractivity contribution is 6.31. The van der Waals surface area contributed by atoms with Crippen LogP contribution in [0, 0.1) is 5.82 Å². The maximum Gasteiger partial charge on any atom is 0.251 e. The predicted molar refractivity (Wildman–Crippen MR) is 64.7 cm³/mol. The van der Waals surface area contributed by atoms with Gasteiger partial charge in [-0.25, -0.2) is 4.39 Å². The molecule has 0 aliphatic rings. The molecule has 0 saturated carbocycles. The van der Waals surface area contributed by atoms with Crippen molar-refractivity contribution in [2.45, 2.75) is 25.9 Å². The van der Waals surface area contributed by atoms with Crippen molar-refractivity contribution < 1.29 is 14.3 Å². The van der Waals surface area contributed by atoms with Gasteiger partial charge in [0.1, 0.15) is 5.82 Å². The third-order valence-corrected chi connectivity index (χ3v) is 2.71. The van der Waals surface area contributed by atoms with Crippen LogP contribution in [0.15, 0.2) is 18.2 Å². The Morgan fingerprint density at radius 1 is 1.59 bits per heavy atom. The van der Waals surface area contributed by atoms with Gasteiger partial charge < -0.3 is 10.4 Å². The van der Waals surface area contributed by atoms with Crippen molar-refractivity contribution >= 4 is 17.5 Å². The number of amides is 1. The molecule has 1 unspecified atom stereocenters. The molecule has 0 spiro atoms. The van der Waals surface area contributed by atoms with E-state index in [1.54, 1.807) is 0 Å². The number of carbonyl (C=O) groups excluding carboxylic acids is 1. The molecule has 5 heteroatoms. The topological polar surface area (TPSA) is 49.3 Å². The summed E-state index contributed by atoms with van der Waals surface area (Å²) >= 11 is 5.57. The molecule has 3 nitrogen and oxygen atoms in total. The van der Waals surface area contributed by atoms with E-state index in [1.165, 1.54) is 12.1 Å². The molecule has 0 radical (unpaired) electrons. The van der Waals surface area contributed by atoms with Gasteiger partial charge in [0, 0.05) is 12.1 Å². The first kappa shape index (κ1) is 13.9. The van der Waals surface area contributed by atoms with E-state index >= 15 is 0 Å². The molecule has 1 aromatic rings. The zero-order chi connectivity index (χ0) is 12.8. The van der Waals surface area contributed by atoms with E-state index in [1.807, 2.05) is 6.92 Å². The van der Waals surface area contributed by atoms with Crippen LogP contribution in [0.1, 0.15) is 30.1 Å². The Morgan fingerprint density at radius 2 is 2.29 bits per heavy atom. The monoisotopic (exact) mass is 259 g/mol. The molecule has 0 heterocycles. The maximum atomic E-state index is 12.9. The van der Waals surface area contributed by atoms with E-state index in [0.29, 0.717) is 24.9 Å². The highest BCUT2D eigenvalue weighted by Gasteiger charge is 2.08. The van der Waals surface area contributed by atoms with Crippen molar-refractivity contribution in [3.05, 3.63) is 34.6 Å². The summed E-state index contributed by atoms with van der Waals surface area (Å²) in [5.74, 6) is -0.875. The summed E-state index contributed by atoms with van der Waals surface area (Å²) < 4.78 is 12.9. The van der Waals surface area contributed by atoms with Gasteiger partial charge in [-0.3, -0.25) is 4.79 Å². The van der Waals surface area contributed by atoms with Crippen molar-refractivity contribution in [3.8, 4) is 0 Å². The lowest BCUT2D eigenvalue weighted by Gasteiger charge is -2.09. The highest BCUT2D eigenvalue weighted by atomic mass is 35.5. The Hall–Kier alpha value is -1.13. The molecule has 0 aromatic heterocycles. The molecule has 0 bridgehead atoms. The van der Waals surface area contributed by atoms with Gasteiger partial charge in [0.05, 0.1) is 11.1 Å². The molecular formula is C12H15ClFNO2. The second-order valence-electron chi connectivity index (χ2n) is 3.74. The number of halogens is 2. The molecule has 1 atom stereocenters. The summed E-state index contributed by atoms with van der Waals surface area (Å²) in [6.07, 6.45) is 0.738. The van der Waals surface area contributed by atoms with Crippen LogP contribution in [-0.4, -0.2) is 23.7 Å². The molecular weight excluding hydrogens is 245 g/mol. The smallest absolute Gasteiger partial charge is 0.251 e. The summed E-state index contributed by atoms with van der Waals surface area (Å²) in [4.78, 5) is 11.6. The lowest BCUT2D eigenvalue weighted by atomic mass is 10.2. The summed E-state index contributed by atoms with van der Waals surface area (Å²) in [6.45, 7) is 2.25. The molecule has 1 amide bonds. The van der Waals surface area contributed by atoms with Crippen LogP contribution in [0.3, 0.4) is 0 Å². The quantitative estimate of drug-likeness (QED) is 0.853. The molecule has 17 heavy (non-hydrogen) atoms. The van der Waals surface area contributed by atoms with Gasteiger partial charge in [-0.2, -0.15) is 0 Å². The van der Waals surface area contributed by atoms with E-state index in [9.17, 15) is 14.3 Å². The van der Waals surface area contributed by atoms with Gasteiger partial charge in [-0.1, -0.05) is 18.5 Å². The van der Waals surface area contributed by atoms with Gasteiger partial charge in [0.25, 0.3) is 5.91 Å². The Kier molecular flexibility index (Phi) is 5.38. The minimum atomic E-state index is -0.551. The van der Waals surface area contributed by atoms with Crippen LogP contribution >= 0.6 is 11.6 Å². The van der Waals surface area contributed by atoms with Crippen molar-refractivity contribution in [1.82, 2.24) is 5.32 Å². The average molecular weight is 260 g/mol. The van der Waals surface area contributed by atoms with E-state index < -0.39 is 11.9 Å². The van der Waals surface area contributed by atoms with Crippen LogP contribution in [0.5, 0.6) is 0 Å². The van der Waals surface area contributed by atoms with Crippen molar-refractivity contribution in [3.63, 3.8) is 0 Å². The molecule has 2 N–H and O–H groups in total. The van der Waals surface area contributed by atoms with E-state index in [-0.39, 0.29) is 10.9 Å². The predicted octanol–water partition coefficient (Wildman–Crippen LogP) is 2.37. The van der Waals surface area contributed by atoms with Gasteiger partial charge >= 0.3 is 0 Å². The average Bonchev–Trinajstić information content (AvgIpc) is 2.32. The molecule has 1 rings (SSSR count). The van der Waals surface area contributed by atoms with Gasteiger partial charge in [-0.05, 0) is 31.0 Å². The molecule has 1 aromatic carbocycles. The standard InChI is InChI=1S/C12H15ClFNO2/c1-2-9(16)5-6-15-12(17)8-3-4-11(14)10(13)7-8/h3-4,7,9,16H,2,5-6H2,1H3,(H,15,17). The summed E-state index contributed by atoms with van der Waals surface area (Å²) in [5.41, 5.74) is 0.308. The number of aliphatic hydroxyl groups excluding tert-OH is 1. The Labute approximate surface area is 105 Å². The zero-order valence-corrected chi connectivity index (χ0v) is 10.3. The lowest BCUT2D eigenvalue weighted by molar-refractivity contribution is 0.0942. The second kappa shape index (κ2) is 6.57. The lowest BCUT2D eigenvalue weighted by Crippen LogP contribution is -2.27. The Bertz CT molecular complexity index is 398. The first-order valence-electron chi connectivity index (χ1n) is 5.46. The van der Waals surface area contributed by atoms with Crippen LogP contribution in [0.2, 0.25) is 5.02 Å². The molecule has 0 aliphatic heterocycles. The van der Waals surface area contributed by atoms with Crippen LogP contribution < -0.4 is 5.32 Å². The number of benzene rings is 1. The van der Waals surface area contributed by atoms with Crippen LogP contribution in [-0.2, 0) is 0 Å².